The van der Waals surface area contributed by atoms with Crippen LogP contribution >= 0.6 is 11.3 Å². The van der Waals surface area contributed by atoms with Gasteiger partial charge in [-0.15, -0.1) is 0 Å². The number of nitrogens with one attached hydrogen (secondary N) is 3. The normalized spacial score (nSPS) is 34.8. The number of carbonyl (C=O) groups is 2. The zero-order valence-electron chi connectivity index (χ0n) is 17.5. The van der Waals surface area contributed by atoms with E-state index in [4.69, 9.17) is 4.74 Å². The number of hydrogen-bond donors (Lipinski definition) is 3. The van der Waals surface area contributed by atoms with Gasteiger partial charge in [0.25, 0.3) is 5.91 Å². The molecule has 31 heavy (non-hydrogen) atoms. The number of aromatic nitrogens is 1. The van der Waals surface area contributed by atoms with Gasteiger partial charge < -0.3 is 20.3 Å². The summed E-state index contributed by atoms with van der Waals surface area (Å²) in [6.07, 6.45) is 5.95. The number of carbonyl (C=O) groups excluding carboxylic acids is 2. The van der Waals surface area contributed by atoms with E-state index in [1.165, 1.54) is 0 Å². The minimum atomic E-state index is -3.46. The molecule has 0 saturated carbocycles. The maximum Gasteiger partial charge on any atom is 0.317 e. The van der Waals surface area contributed by atoms with Crippen LogP contribution in [0.25, 0.3) is 0 Å². The molecule has 1 aromatic rings. The Labute approximate surface area is 185 Å². The number of thiazole rings is 1. The van der Waals surface area contributed by atoms with Crippen molar-refractivity contribution in [2.75, 3.05) is 17.6 Å². The molecule has 12 heteroatoms. The molecule has 5 rings (SSSR count). The molecule has 3 amide bonds. The molecule has 1 spiro atoms. The molecule has 4 saturated heterocycles. The second-order valence-corrected chi connectivity index (χ2v) is 11.9. The Hall–Kier alpha value is -1.92. The zero-order chi connectivity index (χ0) is 22.0. The third kappa shape index (κ3) is 3.68. The summed E-state index contributed by atoms with van der Waals surface area (Å²) in [7, 11) is -3.46. The van der Waals surface area contributed by atoms with Gasteiger partial charge in [-0.25, -0.2) is 18.2 Å². The number of amides is 3. The van der Waals surface area contributed by atoms with Crippen LogP contribution < -0.4 is 15.4 Å². The van der Waals surface area contributed by atoms with Gasteiger partial charge in [0.1, 0.15) is 11.1 Å². The number of nitrogens with zero attached hydrogens (tertiary/aromatic N) is 2. The predicted octanol–water partition coefficient (Wildman–Crippen LogP) is 1.39. The Morgan fingerprint density at radius 1 is 1.29 bits per heavy atom. The van der Waals surface area contributed by atoms with Crippen molar-refractivity contribution in [3.8, 4) is 0 Å². The molecule has 4 aliphatic rings. The summed E-state index contributed by atoms with van der Waals surface area (Å²) in [6.45, 7) is 2.38. The van der Waals surface area contributed by atoms with E-state index in [0.29, 0.717) is 30.0 Å². The summed E-state index contributed by atoms with van der Waals surface area (Å²) >= 11 is 1.07. The van der Waals surface area contributed by atoms with Crippen molar-refractivity contribution < 1.29 is 22.7 Å². The van der Waals surface area contributed by atoms with Gasteiger partial charge in [-0.05, 0) is 45.4 Å². The highest BCUT2D eigenvalue weighted by Crippen LogP contribution is 2.48. The first-order chi connectivity index (χ1) is 14.7. The number of sulfonamides is 1. The van der Waals surface area contributed by atoms with Crippen molar-refractivity contribution in [2.24, 2.45) is 5.92 Å². The van der Waals surface area contributed by atoms with E-state index in [1.54, 1.807) is 6.92 Å². The lowest BCUT2D eigenvalue weighted by Gasteiger charge is -2.55. The van der Waals surface area contributed by atoms with Crippen LogP contribution in [0, 0.1) is 12.8 Å². The summed E-state index contributed by atoms with van der Waals surface area (Å²) in [5.41, 5.74) is 0.165. The zero-order valence-corrected chi connectivity index (χ0v) is 19.1. The van der Waals surface area contributed by atoms with E-state index >= 15 is 0 Å². The molecule has 10 nitrogen and oxygen atoms in total. The Balaban J connectivity index is 1.39. The maximum atomic E-state index is 13.5. The standard InChI is InChI=1S/C19H27N5O5S2/c1-10-14(30-18(20-10)23-31(2,27)28)16(25)24-11-5-6-12(24)9-19(8-11)13-4-3-7-29-15(13)21-17(26)22-19/h11-13,15H,3-9H2,1-2H3,(H,20,23)(H2,21,22,26)/t11-,12-,13+,15-/m0/s1. The second-order valence-electron chi connectivity index (χ2n) is 9.11. The SMILES string of the molecule is Cc1nc(NS(C)(=O)=O)sc1C(=O)N1[C@H]2CC[C@H]1CC1(C2)NC(=O)N[C@H]2OCCC[C@H]21. The van der Waals surface area contributed by atoms with Crippen LogP contribution in [0.15, 0.2) is 0 Å². The number of anilines is 1. The van der Waals surface area contributed by atoms with Crippen LogP contribution in [0.2, 0.25) is 0 Å². The lowest BCUT2D eigenvalue weighted by atomic mass is 9.69. The molecular formula is C19H27N5O5S2. The minimum absolute atomic E-state index is 0.0278. The van der Waals surface area contributed by atoms with Crippen molar-refractivity contribution >= 4 is 38.4 Å². The van der Waals surface area contributed by atoms with Gasteiger partial charge in [-0.1, -0.05) is 11.3 Å². The summed E-state index contributed by atoms with van der Waals surface area (Å²) in [6, 6.07) is -0.141. The predicted molar refractivity (Wildman–Crippen MR) is 114 cm³/mol. The van der Waals surface area contributed by atoms with E-state index in [-0.39, 0.29) is 46.8 Å². The third-order valence-electron chi connectivity index (χ3n) is 6.99. The van der Waals surface area contributed by atoms with Gasteiger partial charge in [0.05, 0.1) is 17.5 Å². The first-order valence-electron chi connectivity index (χ1n) is 10.6. The van der Waals surface area contributed by atoms with Crippen molar-refractivity contribution in [1.29, 1.82) is 0 Å². The lowest BCUT2D eigenvalue weighted by molar-refractivity contribution is -0.0992. The van der Waals surface area contributed by atoms with Crippen molar-refractivity contribution in [3.05, 3.63) is 10.6 Å². The molecule has 4 aliphatic heterocycles. The molecule has 5 heterocycles. The van der Waals surface area contributed by atoms with E-state index in [9.17, 15) is 18.0 Å². The van der Waals surface area contributed by atoms with Gasteiger partial charge in [0, 0.05) is 24.6 Å². The summed E-state index contributed by atoms with van der Waals surface area (Å²) in [5.74, 6) is 0.0885. The minimum Gasteiger partial charge on any atom is -0.358 e. The smallest absolute Gasteiger partial charge is 0.317 e. The van der Waals surface area contributed by atoms with Gasteiger partial charge >= 0.3 is 6.03 Å². The van der Waals surface area contributed by atoms with E-state index in [1.807, 2.05) is 4.90 Å². The summed E-state index contributed by atoms with van der Waals surface area (Å²) in [4.78, 5) is 32.5. The molecule has 2 bridgehead atoms. The van der Waals surface area contributed by atoms with Gasteiger partial charge in [0.2, 0.25) is 10.0 Å². The monoisotopic (exact) mass is 469 g/mol. The molecule has 4 fully saturated rings. The molecule has 0 aromatic carbocycles. The van der Waals surface area contributed by atoms with E-state index in [2.05, 4.69) is 20.3 Å². The Bertz CT molecular complexity index is 1010. The van der Waals surface area contributed by atoms with Crippen molar-refractivity contribution in [1.82, 2.24) is 20.5 Å². The van der Waals surface area contributed by atoms with Crippen LogP contribution in [-0.4, -0.2) is 67.0 Å². The Morgan fingerprint density at radius 2 is 2.00 bits per heavy atom. The maximum absolute atomic E-state index is 13.5. The number of hydrogen-bond acceptors (Lipinski definition) is 7. The van der Waals surface area contributed by atoms with Gasteiger partial charge in [-0.2, -0.15) is 0 Å². The third-order valence-corrected chi connectivity index (χ3v) is 8.74. The van der Waals surface area contributed by atoms with E-state index in [0.717, 1.165) is 43.3 Å². The highest BCUT2D eigenvalue weighted by Gasteiger charge is 2.58. The number of aryl methyl sites for hydroxylation is 1. The van der Waals surface area contributed by atoms with Crippen LogP contribution in [-0.2, 0) is 14.8 Å². The fourth-order valence-corrected chi connectivity index (χ4v) is 7.66. The molecule has 0 aliphatic carbocycles. The van der Waals surface area contributed by atoms with Crippen molar-refractivity contribution in [3.63, 3.8) is 0 Å². The van der Waals surface area contributed by atoms with Gasteiger partial charge in [0.15, 0.2) is 5.13 Å². The number of piperidine rings is 1. The fourth-order valence-electron chi connectivity index (χ4n) is 5.91. The Kier molecular flexibility index (Phi) is 4.94. The molecule has 0 unspecified atom stereocenters. The average molecular weight is 470 g/mol. The first kappa shape index (κ1) is 21.0. The quantitative estimate of drug-likeness (QED) is 0.614. The first-order valence-corrected chi connectivity index (χ1v) is 13.3. The largest absolute Gasteiger partial charge is 0.358 e. The van der Waals surface area contributed by atoms with Crippen molar-refractivity contribution in [2.45, 2.75) is 69.3 Å². The fraction of sp³-hybridized carbons (Fsp3) is 0.737. The number of rotatable bonds is 3. The molecular weight excluding hydrogens is 442 g/mol. The molecule has 1 aromatic heterocycles. The average Bonchev–Trinajstić information content (AvgIpc) is 3.17. The summed E-state index contributed by atoms with van der Waals surface area (Å²) in [5, 5.41) is 6.34. The molecule has 3 N–H and O–H groups in total. The Morgan fingerprint density at radius 3 is 2.68 bits per heavy atom. The van der Waals surface area contributed by atoms with Crippen LogP contribution in [0.1, 0.15) is 53.9 Å². The highest BCUT2D eigenvalue weighted by atomic mass is 32.2. The number of ether oxygens (including phenoxy) is 1. The highest BCUT2D eigenvalue weighted by molar-refractivity contribution is 7.92. The lowest BCUT2D eigenvalue weighted by Crippen LogP contribution is -2.73. The molecule has 0 radical (unpaired) electrons. The number of urea groups is 1. The topological polar surface area (TPSA) is 130 Å². The van der Waals surface area contributed by atoms with Gasteiger partial charge in [-0.3, -0.25) is 9.52 Å². The molecule has 170 valence electrons. The van der Waals surface area contributed by atoms with Crippen LogP contribution in [0.5, 0.6) is 0 Å². The second kappa shape index (κ2) is 7.31. The van der Waals surface area contributed by atoms with E-state index < -0.39 is 10.0 Å². The van der Waals surface area contributed by atoms with Crippen LogP contribution in [0.4, 0.5) is 9.93 Å². The molecule has 4 atom stereocenters. The number of fused-ring (bicyclic) bond motifs is 4. The summed E-state index contributed by atoms with van der Waals surface area (Å²) < 4.78 is 31.3. The van der Waals surface area contributed by atoms with Crippen LogP contribution in [0.3, 0.4) is 0 Å².